The first-order valence-electron chi connectivity index (χ1n) is 9.49. The number of ether oxygens (including phenoxy) is 1. The van der Waals surface area contributed by atoms with Gasteiger partial charge in [0.25, 0.3) is 10.0 Å². The van der Waals surface area contributed by atoms with Gasteiger partial charge in [-0.2, -0.15) is 13.7 Å². The molecule has 0 saturated carbocycles. The van der Waals surface area contributed by atoms with Crippen LogP contribution >= 0.6 is 11.7 Å². The average molecular weight is 465 g/mol. The minimum Gasteiger partial charge on any atom is -0.439 e. The van der Waals surface area contributed by atoms with Gasteiger partial charge in [0.15, 0.2) is 0 Å². The van der Waals surface area contributed by atoms with Gasteiger partial charge < -0.3 is 9.30 Å². The summed E-state index contributed by atoms with van der Waals surface area (Å²) in [5, 5.41) is 0. The van der Waals surface area contributed by atoms with Crippen LogP contribution in [0.1, 0.15) is 5.82 Å². The molecule has 32 heavy (non-hydrogen) atoms. The van der Waals surface area contributed by atoms with Crippen LogP contribution in [0.2, 0.25) is 0 Å². The van der Waals surface area contributed by atoms with Gasteiger partial charge in [-0.05, 0) is 55.5 Å². The van der Waals surface area contributed by atoms with Gasteiger partial charge in [-0.3, -0.25) is 4.72 Å². The van der Waals surface area contributed by atoms with Crippen molar-refractivity contribution in [1.82, 2.24) is 23.3 Å². The molecule has 0 atom stereocenters. The predicted octanol–water partition coefficient (Wildman–Crippen LogP) is 4.17. The highest BCUT2D eigenvalue weighted by atomic mass is 32.2. The van der Waals surface area contributed by atoms with E-state index < -0.39 is 10.0 Å². The third kappa shape index (κ3) is 4.03. The largest absolute Gasteiger partial charge is 0.439 e. The summed E-state index contributed by atoms with van der Waals surface area (Å²) in [7, 11) is -3.83. The van der Waals surface area contributed by atoms with Gasteiger partial charge in [0.05, 0.1) is 11.7 Å². The third-order valence-electron chi connectivity index (χ3n) is 4.54. The molecule has 5 rings (SSSR count). The molecule has 0 fully saturated rings. The maximum absolute atomic E-state index is 12.9. The van der Waals surface area contributed by atoms with E-state index in [1.807, 2.05) is 29.1 Å². The first kappa shape index (κ1) is 20.1. The van der Waals surface area contributed by atoms with Crippen molar-refractivity contribution in [3.63, 3.8) is 0 Å². The Balaban J connectivity index is 1.35. The molecule has 160 valence electrons. The fraction of sp³-hybridized carbons (Fsp3) is 0.0476. The highest BCUT2D eigenvalue weighted by Crippen LogP contribution is 2.26. The molecule has 0 aliphatic rings. The van der Waals surface area contributed by atoms with E-state index in [-0.39, 0.29) is 4.90 Å². The summed E-state index contributed by atoms with van der Waals surface area (Å²) >= 11 is 0.973. The van der Waals surface area contributed by atoms with E-state index >= 15 is 0 Å². The topological polar surface area (TPSA) is 112 Å². The van der Waals surface area contributed by atoms with Gasteiger partial charge in [-0.15, -0.1) is 0 Å². The number of benzene rings is 2. The van der Waals surface area contributed by atoms with E-state index in [2.05, 4.69) is 23.4 Å². The summed E-state index contributed by atoms with van der Waals surface area (Å²) in [6, 6.07) is 17.0. The second kappa shape index (κ2) is 8.02. The Morgan fingerprint density at radius 2 is 1.75 bits per heavy atom. The zero-order chi connectivity index (χ0) is 22.1. The SMILES string of the molecule is Cc1nc(Oc2ccc(NS(=O)(=O)c3cccc4nsnc34)cc2)cc(-n2cccc2)n1. The van der Waals surface area contributed by atoms with Gasteiger partial charge in [-0.1, -0.05) is 6.07 Å². The molecule has 0 unspecified atom stereocenters. The minimum absolute atomic E-state index is 0.0816. The highest BCUT2D eigenvalue weighted by Gasteiger charge is 2.19. The van der Waals surface area contributed by atoms with Gasteiger partial charge in [0.1, 0.15) is 33.3 Å². The first-order valence-corrected chi connectivity index (χ1v) is 11.7. The van der Waals surface area contributed by atoms with Crippen molar-refractivity contribution >= 4 is 38.5 Å². The third-order valence-corrected chi connectivity index (χ3v) is 6.49. The van der Waals surface area contributed by atoms with Gasteiger partial charge in [0, 0.05) is 24.1 Å². The van der Waals surface area contributed by atoms with Crippen LogP contribution in [0.15, 0.2) is 78.0 Å². The van der Waals surface area contributed by atoms with E-state index in [0.717, 1.165) is 11.7 Å². The van der Waals surface area contributed by atoms with E-state index in [0.29, 0.717) is 40.0 Å². The Morgan fingerprint density at radius 3 is 2.53 bits per heavy atom. The van der Waals surface area contributed by atoms with E-state index in [9.17, 15) is 8.42 Å². The monoisotopic (exact) mass is 464 g/mol. The molecule has 0 saturated heterocycles. The number of hydrogen-bond acceptors (Lipinski definition) is 8. The quantitative estimate of drug-likeness (QED) is 0.401. The summed E-state index contributed by atoms with van der Waals surface area (Å²) in [6.07, 6.45) is 3.77. The lowest BCUT2D eigenvalue weighted by molar-refractivity contribution is 0.459. The number of rotatable bonds is 6. The van der Waals surface area contributed by atoms with Crippen molar-refractivity contribution in [2.24, 2.45) is 0 Å². The van der Waals surface area contributed by atoms with Gasteiger partial charge in [-0.25, -0.2) is 13.4 Å². The smallest absolute Gasteiger partial charge is 0.264 e. The number of fused-ring (bicyclic) bond motifs is 1. The second-order valence-electron chi connectivity index (χ2n) is 6.82. The van der Waals surface area contributed by atoms with Gasteiger partial charge in [0.2, 0.25) is 5.88 Å². The van der Waals surface area contributed by atoms with E-state index in [1.54, 1.807) is 49.4 Å². The molecule has 0 amide bonds. The average Bonchev–Trinajstić information content (AvgIpc) is 3.46. The van der Waals surface area contributed by atoms with Crippen LogP contribution in [0, 0.1) is 6.92 Å². The Bertz CT molecular complexity index is 1500. The van der Waals surface area contributed by atoms with Crippen LogP contribution in [0.25, 0.3) is 16.9 Å². The minimum atomic E-state index is -3.83. The molecule has 0 spiro atoms. The number of aromatic nitrogens is 5. The fourth-order valence-electron chi connectivity index (χ4n) is 3.12. The van der Waals surface area contributed by atoms with Crippen molar-refractivity contribution in [1.29, 1.82) is 0 Å². The molecule has 0 radical (unpaired) electrons. The van der Waals surface area contributed by atoms with Crippen LogP contribution in [-0.2, 0) is 10.0 Å². The van der Waals surface area contributed by atoms with E-state index in [4.69, 9.17) is 4.74 Å². The molecule has 3 aromatic heterocycles. The molecule has 2 aromatic carbocycles. The van der Waals surface area contributed by atoms with Crippen LogP contribution in [0.4, 0.5) is 5.69 Å². The Morgan fingerprint density at radius 1 is 0.969 bits per heavy atom. The van der Waals surface area contributed by atoms with Crippen molar-refractivity contribution in [3.05, 3.63) is 78.9 Å². The summed E-state index contributed by atoms with van der Waals surface area (Å²) in [5.74, 6) is 2.15. The van der Waals surface area contributed by atoms with Crippen LogP contribution < -0.4 is 9.46 Å². The molecule has 5 aromatic rings. The number of anilines is 1. The predicted molar refractivity (Wildman–Crippen MR) is 121 cm³/mol. The number of sulfonamides is 1. The molecular formula is C21H16N6O3S2. The maximum atomic E-state index is 12.9. The zero-order valence-corrected chi connectivity index (χ0v) is 18.3. The number of aryl methyl sites for hydroxylation is 1. The van der Waals surface area contributed by atoms with E-state index in [1.165, 1.54) is 6.07 Å². The van der Waals surface area contributed by atoms with Crippen molar-refractivity contribution in [2.45, 2.75) is 11.8 Å². The normalized spacial score (nSPS) is 11.5. The maximum Gasteiger partial charge on any atom is 0.264 e. The molecule has 0 aliphatic carbocycles. The lowest BCUT2D eigenvalue weighted by Crippen LogP contribution is -2.13. The Hall–Kier alpha value is -3.83. The zero-order valence-electron chi connectivity index (χ0n) is 16.7. The summed E-state index contributed by atoms with van der Waals surface area (Å²) < 4.78 is 44.2. The Kier molecular flexibility index (Phi) is 5.04. The van der Waals surface area contributed by atoms with Crippen molar-refractivity contribution in [3.8, 4) is 17.4 Å². The van der Waals surface area contributed by atoms with Crippen molar-refractivity contribution < 1.29 is 13.2 Å². The molecule has 3 heterocycles. The molecule has 0 aliphatic heterocycles. The van der Waals surface area contributed by atoms with Crippen molar-refractivity contribution in [2.75, 3.05) is 4.72 Å². The molecule has 1 N–H and O–H groups in total. The summed E-state index contributed by atoms with van der Waals surface area (Å²) in [6.45, 7) is 1.79. The summed E-state index contributed by atoms with van der Waals surface area (Å²) in [5.41, 5.74) is 1.29. The number of hydrogen-bond donors (Lipinski definition) is 1. The van der Waals surface area contributed by atoms with Gasteiger partial charge >= 0.3 is 0 Å². The lowest BCUT2D eigenvalue weighted by atomic mass is 10.3. The molecule has 9 nitrogen and oxygen atoms in total. The summed E-state index contributed by atoms with van der Waals surface area (Å²) in [4.78, 5) is 8.80. The fourth-order valence-corrected chi connectivity index (χ4v) is 4.94. The Labute approximate surface area is 187 Å². The second-order valence-corrected chi connectivity index (χ2v) is 9.00. The highest BCUT2D eigenvalue weighted by molar-refractivity contribution is 7.93. The first-order chi connectivity index (χ1) is 15.5. The lowest BCUT2D eigenvalue weighted by Gasteiger charge is -2.11. The number of nitrogens with zero attached hydrogens (tertiary/aromatic N) is 5. The standard InChI is InChI=1S/C21H16N6O3S2/c1-14-22-19(27-11-2-3-12-27)13-20(23-14)30-16-9-7-15(8-10-16)26-32(28,29)18-6-4-5-17-21(18)25-31-24-17/h2-13,26H,1H3. The number of nitrogens with one attached hydrogen (secondary N) is 1. The molecule has 0 bridgehead atoms. The van der Waals surface area contributed by atoms with Crippen LogP contribution in [0.3, 0.4) is 0 Å². The van der Waals surface area contributed by atoms with Crippen LogP contribution in [0.5, 0.6) is 11.6 Å². The van der Waals surface area contributed by atoms with Crippen LogP contribution in [-0.4, -0.2) is 31.7 Å². The molecular weight excluding hydrogens is 448 g/mol. The molecule has 11 heteroatoms.